The Morgan fingerprint density at radius 3 is 1.62 bits per heavy atom. The second kappa shape index (κ2) is 6.53. The van der Waals surface area contributed by atoms with Crippen LogP contribution in [-0.4, -0.2) is 26.2 Å². The first-order valence-corrected chi connectivity index (χ1v) is 9.73. The van der Waals surface area contributed by atoms with E-state index < -0.39 is 26.2 Å². The van der Waals surface area contributed by atoms with Crippen LogP contribution in [-0.2, 0) is 14.0 Å². The van der Waals surface area contributed by atoms with Crippen molar-refractivity contribution in [2.45, 2.75) is 33.5 Å². The van der Waals surface area contributed by atoms with Crippen molar-refractivity contribution in [3.8, 4) is 11.5 Å². The van der Waals surface area contributed by atoms with Crippen LogP contribution in [0.15, 0.2) is 18.2 Å². The molecule has 0 aliphatic carbocycles. The molecule has 0 aromatic heterocycles. The van der Waals surface area contributed by atoms with Crippen molar-refractivity contribution < 1.29 is 28.3 Å². The zero-order chi connectivity index (χ0) is 16.2. The molecule has 0 saturated heterocycles. The van der Waals surface area contributed by atoms with Crippen molar-refractivity contribution in [1.29, 1.82) is 0 Å². The fourth-order valence-electron chi connectivity index (χ4n) is 1.48. The normalized spacial score (nSPS) is 10.7. The predicted molar refractivity (Wildman–Crippen MR) is 77.8 cm³/mol. The van der Waals surface area contributed by atoms with Crippen molar-refractivity contribution in [2.24, 2.45) is 0 Å². The maximum absolute atomic E-state index is 12.1. The zero-order valence-electron chi connectivity index (χ0n) is 12.7. The Labute approximate surface area is 124 Å². The molecule has 0 N–H and O–H groups in total. The van der Waals surface area contributed by atoms with E-state index >= 15 is 0 Å². The fourth-order valence-corrected chi connectivity index (χ4v) is 2.15. The number of rotatable bonds is 4. The highest BCUT2D eigenvalue weighted by Gasteiger charge is 2.22. The molecule has 0 atom stereocenters. The maximum atomic E-state index is 12.1. The molecule has 0 unspecified atom stereocenters. The molecule has 1 aromatic carbocycles. The molecule has 0 bridgehead atoms. The second-order valence-electron chi connectivity index (χ2n) is 5.38. The van der Waals surface area contributed by atoms with E-state index in [9.17, 15) is 14.4 Å². The molecule has 0 heterocycles. The minimum Gasteiger partial charge on any atom is -0.516 e. The SMILES string of the molecule is CC(=O)Oc1cc(OC(C)=O)cc(C(=O)O[Si](C)(C)C)c1. The van der Waals surface area contributed by atoms with Crippen LogP contribution in [0.2, 0.25) is 19.6 Å². The Kier molecular flexibility index (Phi) is 5.26. The fraction of sp³-hybridized carbons (Fsp3) is 0.357. The molecule has 0 radical (unpaired) electrons. The van der Waals surface area contributed by atoms with Gasteiger partial charge >= 0.3 is 17.9 Å². The van der Waals surface area contributed by atoms with Gasteiger partial charge in [-0.1, -0.05) is 0 Å². The molecule has 0 aliphatic heterocycles. The van der Waals surface area contributed by atoms with Gasteiger partial charge in [-0.15, -0.1) is 0 Å². The number of carbonyl (C=O) groups is 3. The molecular formula is C14H18O6Si. The van der Waals surface area contributed by atoms with Gasteiger partial charge in [0.1, 0.15) is 11.5 Å². The topological polar surface area (TPSA) is 78.9 Å². The van der Waals surface area contributed by atoms with E-state index in [2.05, 4.69) is 0 Å². The molecule has 21 heavy (non-hydrogen) atoms. The third kappa shape index (κ3) is 6.22. The van der Waals surface area contributed by atoms with Crippen LogP contribution in [0.5, 0.6) is 11.5 Å². The van der Waals surface area contributed by atoms with Crippen molar-refractivity contribution in [2.75, 3.05) is 0 Å². The van der Waals surface area contributed by atoms with Gasteiger partial charge < -0.3 is 13.9 Å². The summed E-state index contributed by atoms with van der Waals surface area (Å²) in [6, 6.07) is 4.10. The van der Waals surface area contributed by atoms with Crippen LogP contribution < -0.4 is 9.47 Å². The van der Waals surface area contributed by atoms with Gasteiger partial charge in [-0.25, -0.2) is 4.79 Å². The average Bonchev–Trinajstić information content (AvgIpc) is 2.23. The van der Waals surface area contributed by atoms with E-state index in [4.69, 9.17) is 13.9 Å². The summed E-state index contributed by atoms with van der Waals surface area (Å²) < 4.78 is 15.2. The lowest BCUT2D eigenvalue weighted by atomic mass is 10.2. The number of carbonyl (C=O) groups excluding carboxylic acids is 3. The summed E-state index contributed by atoms with van der Waals surface area (Å²) >= 11 is 0. The van der Waals surface area contributed by atoms with Gasteiger partial charge in [0, 0.05) is 19.9 Å². The lowest BCUT2D eigenvalue weighted by Crippen LogP contribution is -2.29. The molecule has 1 aromatic rings. The smallest absolute Gasteiger partial charge is 0.325 e. The summed E-state index contributed by atoms with van der Waals surface area (Å²) in [7, 11) is -2.07. The van der Waals surface area contributed by atoms with E-state index in [-0.39, 0.29) is 17.1 Å². The molecular weight excluding hydrogens is 292 g/mol. The number of ether oxygens (including phenoxy) is 2. The highest BCUT2D eigenvalue weighted by Crippen LogP contribution is 2.24. The van der Waals surface area contributed by atoms with Gasteiger partial charge in [-0.05, 0) is 31.8 Å². The van der Waals surface area contributed by atoms with E-state index in [0.717, 1.165) is 0 Å². The molecule has 0 saturated carbocycles. The average molecular weight is 310 g/mol. The minimum atomic E-state index is -2.07. The standard InChI is InChI=1S/C14H18O6Si/c1-9(15)18-12-6-11(14(17)20-21(3,4)5)7-13(8-12)19-10(2)16/h6-8H,1-5H3. The lowest BCUT2D eigenvalue weighted by Gasteiger charge is -2.18. The first kappa shape index (κ1) is 16.9. The first-order chi connectivity index (χ1) is 9.56. The zero-order valence-corrected chi connectivity index (χ0v) is 13.7. The highest BCUT2D eigenvalue weighted by atomic mass is 28.4. The van der Waals surface area contributed by atoms with Crippen molar-refractivity contribution in [1.82, 2.24) is 0 Å². The summed E-state index contributed by atoms with van der Waals surface area (Å²) in [6.07, 6.45) is 0. The van der Waals surface area contributed by atoms with Crippen LogP contribution >= 0.6 is 0 Å². The van der Waals surface area contributed by atoms with Gasteiger partial charge in [-0.2, -0.15) is 0 Å². The summed E-state index contributed by atoms with van der Waals surface area (Å²) in [5.74, 6) is -1.40. The van der Waals surface area contributed by atoms with E-state index in [1.54, 1.807) is 0 Å². The van der Waals surface area contributed by atoms with Gasteiger partial charge in [0.05, 0.1) is 5.56 Å². The van der Waals surface area contributed by atoms with E-state index in [1.165, 1.54) is 32.0 Å². The highest BCUT2D eigenvalue weighted by molar-refractivity contribution is 6.71. The van der Waals surface area contributed by atoms with Crippen LogP contribution in [0.1, 0.15) is 24.2 Å². The quantitative estimate of drug-likeness (QED) is 0.483. The van der Waals surface area contributed by atoms with Gasteiger partial charge in [0.25, 0.3) is 0 Å². The summed E-state index contributed by atoms with van der Waals surface area (Å²) in [5, 5.41) is 0. The van der Waals surface area contributed by atoms with Gasteiger partial charge in [0.2, 0.25) is 8.32 Å². The Hall–Kier alpha value is -2.15. The third-order valence-electron chi connectivity index (χ3n) is 2.04. The third-order valence-corrected chi connectivity index (χ3v) is 2.84. The molecule has 6 nitrogen and oxygen atoms in total. The van der Waals surface area contributed by atoms with Crippen molar-refractivity contribution >= 4 is 26.2 Å². The molecule has 7 heteroatoms. The monoisotopic (exact) mass is 310 g/mol. The summed E-state index contributed by atoms with van der Waals surface area (Å²) in [4.78, 5) is 34.1. The van der Waals surface area contributed by atoms with Crippen LogP contribution in [0.3, 0.4) is 0 Å². The molecule has 0 fully saturated rings. The second-order valence-corrected chi connectivity index (χ2v) is 9.81. The number of benzene rings is 1. The van der Waals surface area contributed by atoms with Crippen LogP contribution in [0, 0.1) is 0 Å². The summed E-state index contributed by atoms with van der Waals surface area (Å²) in [6.45, 7) is 8.08. The Morgan fingerprint density at radius 2 is 1.29 bits per heavy atom. The number of hydrogen-bond acceptors (Lipinski definition) is 6. The predicted octanol–water partition coefficient (Wildman–Crippen LogP) is 2.53. The summed E-state index contributed by atoms with van der Waals surface area (Å²) in [5.41, 5.74) is 0.160. The number of hydrogen-bond donors (Lipinski definition) is 0. The minimum absolute atomic E-state index is 0.115. The Bertz CT molecular complexity index is 539. The molecule has 0 aliphatic rings. The van der Waals surface area contributed by atoms with Crippen LogP contribution in [0.25, 0.3) is 0 Å². The van der Waals surface area contributed by atoms with Gasteiger partial charge in [-0.3, -0.25) is 9.59 Å². The Morgan fingerprint density at radius 1 is 0.857 bits per heavy atom. The van der Waals surface area contributed by atoms with Gasteiger partial charge in [0.15, 0.2) is 0 Å². The maximum Gasteiger partial charge on any atom is 0.325 e. The Balaban J connectivity index is 3.14. The molecule has 114 valence electrons. The molecule has 0 amide bonds. The molecule has 0 spiro atoms. The van der Waals surface area contributed by atoms with E-state index in [0.29, 0.717) is 0 Å². The first-order valence-electron chi connectivity index (χ1n) is 6.32. The largest absolute Gasteiger partial charge is 0.516 e. The lowest BCUT2D eigenvalue weighted by molar-refractivity contribution is -0.132. The van der Waals surface area contributed by atoms with Crippen LogP contribution in [0.4, 0.5) is 0 Å². The number of esters is 2. The van der Waals surface area contributed by atoms with Crippen molar-refractivity contribution in [3.05, 3.63) is 23.8 Å². The van der Waals surface area contributed by atoms with Crippen molar-refractivity contribution in [3.63, 3.8) is 0 Å². The van der Waals surface area contributed by atoms with E-state index in [1.807, 2.05) is 19.6 Å². The molecule has 1 rings (SSSR count).